The van der Waals surface area contributed by atoms with Crippen LogP contribution in [-0.4, -0.2) is 30.0 Å². The number of hydrogen-bond donors (Lipinski definition) is 1. The molecular weight excluding hydrogens is 262 g/mol. The molecule has 4 nitrogen and oxygen atoms in total. The highest BCUT2D eigenvalue weighted by molar-refractivity contribution is 5.27. The summed E-state index contributed by atoms with van der Waals surface area (Å²) in [6.07, 6.45) is 8.48. The molecule has 0 aliphatic carbocycles. The average Bonchev–Trinajstić information content (AvgIpc) is 2.93. The van der Waals surface area contributed by atoms with E-state index in [1.54, 1.807) is 7.11 Å². The molecule has 114 valence electrons. The fourth-order valence-electron chi connectivity index (χ4n) is 2.51. The lowest BCUT2D eigenvalue weighted by Gasteiger charge is -2.15. The zero-order valence-corrected chi connectivity index (χ0v) is 13.2. The molecule has 1 aromatic carbocycles. The van der Waals surface area contributed by atoms with Crippen molar-refractivity contribution in [3.05, 3.63) is 47.8 Å². The third-order valence-electron chi connectivity index (χ3n) is 3.89. The minimum Gasteiger partial charge on any atom is -0.497 e. The van der Waals surface area contributed by atoms with Gasteiger partial charge in [0.05, 0.1) is 13.3 Å². The van der Waals surface area contributed by atoms with Crippen molar-refractivity contribution in [2.45, 2.75) is 31.7 Å². The standard InChI is InChI=1S/C17H25N3O/c1-18-16(9-5-15-12-19-20(2)13-15)8-4-14-6-10-17(21-3)11-7-14/h6-7,10-13,16,18H,4-5,8-9H2,1-3H3. The summed E-state index contributed by atoms with van der Waals surface area (Å²) < 4.78 is 7.05. The van der Waals surface area contributed by atoms with E-state index >= 15 is 0 Å². The van der Waals surface area contributed by atoms with Gasteiger partial charge < -0.3 is 10.1 Å². The van der Waals surface area contributed by atoms with Gasteiger partial charge in [0.15, 0.2) is 0 Å². The van der Waals surface area contributed by atoms with Gasteiger partial charge in [-0.25, -0.2) is 0 Å². The van der Waals surface area contributed by atoms with E-state index in [1.807, 2.05) is 37.1 Å². The summed E-state index contributed by atoms with van der Waals surface area (Å²) in [4.78, 5) is 0. The number of nitrogens with zero attached hydrogens (tertiary/aromatic N) is 2. The predicted octanol–water partition coefficient (Wildman–Crippen LogP) is 2.58. The van der Waals surface area contributed by atoms with Crippen molar-refractivity contribution in [3.63, 3.8) is 0 Å². The number of benzene rings is 1. The second kappa shape index (κ2) is 7.84. The zero-order valence-electron chi connectivity index (χ0n) is 13.2. The first-order valence-corrected chi connectivity index (χ1v) is 7.49. The van der Waals surface area contributed by atoms with Gasteiger partial charge in [-0.3, -0.25) is 4.68 Å². The molecule has 1 unspecified atom stereocenters. The molecule has 4 heteroatoms. The first-order valence-electron chi connectivity index (χ1n) is 7.49. The smallest absolute Gasteiger partial charge is 0.118 e. The lowest BCUT2D eigenvalue weighted by atomic mass is 10.0. The Morgan fingerprint density at radius 2 is 1.81 bits per heavy atom. The van der Waals surface area contributed by atoms with E-state index in [9.17, 15) is 0 Å². The Morgan fingerprint density at radius 3 is 2.33 bits per heavy atom. The lowest BCUT2D eigenvalue weighted by Crippen LogP contribution is -2.26. The van der Waals surface area contributed by atoms with E-state index in [0.717, 1.165) is 31.4 Å². The van der Waals surface area contributed by atoms with Crippen LogP contribution >= 0.6 is 0 Å². The maximum atomic E-state index is 5.19. The van der Waals surface area contributed by atoms with Gasteiger partial charge in [-0.1, -0.05) is 12.1 Å². The summed E-state index contributed by atoms with van der Waals surface area (Å²) >= 11 is 0. The number of aromatic nitrogens is 2. The fourth-order valence-corrected chi connectivity index (χ4v) is 2.51. The second-order valence-corrected chi connectivity index (χ2v) is 5.43. The average molecular weight is 287 g/mol. The van der Waals surface area contributed by atoms with Crippen LogP contribution in [0.5, 0.6) is 5.75 Å². The summed E-state index contributed by atoms with van der Waals surface area (Å²) in [7, 11) is 5.70. The zero-order chi connectivity index (χ0) is 15.1. The molecule has 1 aromatic heterocycles. The van der Waals surface area contributed by atoms with Crippen molar-refractivity contribution in [2.24, 2.45) is 7.05 Å². The Bertz CT molecular complexity index is 533. The monoisotopic (exact) mass is 287 g/mol. The molecule has 0 aliphatic heterocycles. The molecule has 2 rings (SSSR count). The molecule has 0 amide bonds. The second-order valence-electron chi connectivity index (χ2n) is 5.43. The van der Waals surface area contributed by atoms with Crippen LogP contribution in [0.25, 0.3) is 0 Å². The van der Waals surface area contributed by atoms with E-state index in [4.69, 9.17) is 4.74 Å². The fraction of sp³-hybridized carbons (Fsp3) is 0.471. The minimum atomic E-state index is 0.535. The van der Waals surface area contributed by atoms with Gasteiger partial charge >= 0.3 is 0 Å². The predicted molar refractivity (Wildman–Crippen MR) is 85.7 cm³/mol. The maximum absolute atomic E-state index is 5.19. The van der Waals surface area contributed by atoms with Crippen LogP contribution < -0.4 is 10.1 Å². The summed E-state index contributed by atoms with van der Waals surface area (Å²) in [5, 5.41) is 7.63. The van der Waals surface area contributed by atoms with Crippen LogP contribution in [0.2, 0.25) is 0 Å². The molecular formula is C17H25N3O. The molecule has 0 saturated heterocycles. The van der Waals surface area contributed by atoms with Crippen LogP contribution in [0.15, 0.2) is 36.7 Å². The van der Waals surface area contributed by atoms with Crippen LogP contribution in [0, 0.1) is 0 Å². The van der Waals surface area contributed by atoms with E-state index in [2.05, 4.69) is 28.7 Å². The summed E-state index contributed by atoms with van der Waals surface area (Å²) in [5.74, 6) is 0.917. The minimum absolute atomic E-state index is 0.535. The van der Waals surface area contributed by atoms with Gasteiger partial charge in [-0.05, 0) is 56.0 Å². The number of hydrogen-bond acceptors (Lipinski definition) is 3. The van der Waals surface area contributed by atoms with E-state index < -0.39 is 0 Å². The van der Waals surface area contributed by atoms with Crippen LogP contribution in [-0.2, 0) is 19.9 Å². The Kier molecular flexibility index (Phi) is 5.81. The maximum Gasteiger partial charge on any atom is 0.118 e. The topological polar surface area (TPSA) is 39.1 Å². The third-order valence-corrected chi connectivity index (χ3v) is 3.89. The molecule has 1 N–H and O–H groups in total. The first-order chi connectivity index (χ1) is 10.2. The molecule has 1 heterocycles. The van der Waals surface area contributed by atoms with Crippen LogP contribution in [0.1, 0.15) is 24.0 Å². The number of methoxy groups -OCH3 is 1. The van der Waals surface area contributed by atoms with Crippen molar-refractivity contribution in [2.75, 3.05) is 14.2 Å². The van der Waals surface area contributed by atoms with Crippen molar-refractivity contribution in [1.29, 1.82) is 0 Å². The van der Waals surface area contributed by atoms with E-state index in [-0.39, 0.29) is 0 Å². The van der Waals surface area contributed by atoms with Crippen LogP contribution in [0.3, 0.4) is 0 Å². The molecule has 2 aromatic rings. The highest BCUT2D eigenvalue weighted by atomic mass is 16.5. The number of aryl methyl sites for hydroxylation is 3. The molecule has 0 bridgehead atoms. The Labute approximate surface area is 127 Å². The molecule has 0 spiro atoms. The quantitative estimate of drug-likeness (QED) is 0.811. The SMILES string of the molecule is CNC(CCc1ccc(OC)cc1)CCc1cnn(C)c1. The van der Waals surface area contributed by atoms with Gasteiger partial charge in [-0.2, -0.15) is 5.10 Å². The number of rotatable bonds is 8. The third kappa shape index (κ3) is 4.90. The molecule has 0 radical (unpaired) electrons. The summed E-state index contributed by atoms with van der Waals surface area (Å²) in [6, 6.07) is 8.88. The number of ether oxygens (including phenoxy) is 1. The van der Waals surface area contributed by atoms with Gasteiger partial charge in [0.2, 0.25) is 0 Å². The van der Waals surface area contributed by atoms with Gasteiger partial charge in [-0.15, -0.1) is 0 Å². The molecule has 1 atom stereocenters. The first kappa shape index (κ1) is 15.6. The Hall–Kier alpha value is -1.81. The van der Waals surface area contributed by atoms with E-state index in [0.29, 0.717) is 6.04 Å². The van der Waals surface area contributed by atoms with Crippen molar-refractivity contribution < 1.29 is 4.74 Å². The molecule has 0 saturated carbocycles. The Morgan fingerprint density at radius 1 is 1.14 bits per heavy atom. The normalized spacial score (nSPS) is 12.3. The molecule has 0 fully saturated rings. The van der Waals surface area contributed by atoms with Crippen molar-refractivity contribution in [1.82, 2.24) is 15.1 Å². The largest absolute Gasteiger partial charge is 0.497 e. The van der Waals surface area contributed by atoms with Gasteiger partial charge in [0.1, 0.15) is 5.75 Å². The van der Waals surface area contributed by atoms with Gasteiger partial charge in [0.25, 0.3) is 0 Å². The summed E-state index contributed by atoms with van der Waals surface area (Å²) in [6.45, 7) is 0. The Balaban J connectivity index is 1.78. The highest BCUT2D eigenvalue weighted by Crippen LogP contribution is 2.14. The highest BCUT2D eigenvalue weighted by Gasteiger charge is 2.08. The lowest BCUT2D eigenvalue weighted by molar-refractivity contribution is 0.414. The molecule has 0 aliphatic rings. The van der Waals surface area contributed by atoms with E-state index in [1.165, 1.54) is 11.1 Å². The summed E-state index contributed by atoms with van der Waals surface area (Å²) in [5.41, 5.74) is 2.67. The van der Waals surface area contributed by atoms with Crippen molar-refractivity contribution in [3.8, 4) is 5.75 Å². The molecule has 21 heavy (non-hydrogen) atoms. The van der Waals surface area contributed by atoms with Crippen LogP contribution in [0.4, 0.5) is 0 Å². The number of nitrogens with one attached hydrogen (secondary N) is 1. The van der Waals surface area contributed by atoms with Gasteiger partial charge in [0, 0.05) is 19.3 Å². The van der Waals surface area contributed by atoms with Crippen molar-refractivity contribution >= 4 is 0 Å².